The first-order valence-electron chi connectivity index (χ1n) is 18.3. The summed E-state index contributed by atoms with van der Waals surface area (Å²) < 4.78 is 64.6. The van der Waals surface area contributed by atoms with Crippen molar-refractivity contribution in [3.63, 3.8) is 0 Å². The Bertz CT molecular complexity index is 2620. The van der Waals surface area contributed by atoms with Crippen molar-refractivity contribution in [2.45, 2.75) is 33.1 Å². The van der Waals surface area contributed by atoms with Crippen molar-refractivity contribution in [3.8, 4) is 23.0 Å². The minimum Gasteiger partial charge on any atom is -0.496 e. The predicted molar refractivity (Wildman–Crippen MR) is 232 cm³/mol. The second kappa shape index (κ2) is 17.2. The molecule has 0 radical (unpaired) electrons. The van der Waals surface area contributed by atoms with E-state index in [1.54, 1.807) is 79.9 Å². The molecule has 58 heavy (non-hydrogen) atoms. The quantitative estimate of drug-likeness (QED) is 0.0778. The molecule has 0 aliphatic rings. The third-order valence-corrected chi connectivity index (χ3v) is 12.2. The number of urea groups is 1. The highest BCUT2D eigenvalue weighted by molar-refractivity contribution is 7.92. The Kier molecular flexibility index (Phi) is 12.3. The molecule has 0 aliphatic carbocycles. The van der Waals surface area contributed by atoms with Crippen LogP contribution in [0.25, 0.3) is 10.8 Å². The monoisotopic (exact) mass is 823 g/mol. The normalized spacial score (nSPS) is 12.6. The summed E-state index contributed by atoms with van der Waals surface area (Å²) in [5.74, 6) is 2.09. The Morgan fingerprint density at radius 1 is 0.776 bits per heavy atom. The second-order valence-corrected chi connectivity index (χ2v) is 18.4. The van der Waals surface area contributed by atoms with Gasteiger partial charge in [0, 0.05) is 40.1 Å². The van der Waals surface area contributed by atoms with Gasteiger partial charge in [-0.05, 0) is 72.5 Å². The minimum atomic E-state index is -3.65. The summed E-state index contributed by atoms with van der Waals surface area (Å²) in [5.41, 5.74) is 2.06. The van der Waals surface area contributed by atoms with Crippen LogP contribution in [0.3, 0.4) is 0 Å². The number of aromatic nitrogens is 1. The number of carbonyl (C=O) groups excluding carboxylic acids is 1. The van der Waals surface area contributed by atoms with Crippen LogP contribution in [-0.4, -0.2) is 46.5 Å². The van der Waals surface area contributed by atoms with Gasteiger partial charge >= 0.3 is 6.03 Å². The van der Waals surface area contributed by atoms with Crippen molar-refractivity contribution in [1.29, 1.82) is 0 Å². The van der Waals surface area contributed by atoms with E-state index in [-0.39, 0.29) is 29.1 Å². The molecule has 0 saturated carbocycles. The smallest absolute Gasteiger partial charge is 0.323 e. The molecule has 0 saturated heterocycles. The van der Waals surface area contributed by atoms with Crippen molar-refractivity contribution < 1.29 is 36.5 Å². The topological polar surface area (TPSA) is 166 Å². The first kappa shape index (κ1) is 41.6. The summed E-state index contributed by atoms with van der Waals surface area (Å²) in [6, 6.07) is 31.7. The highest BCUT2D eigenvalue weighted by Crippen LogP contribution is 2.48. The molecule has 6 rings (SSSR count). The van der Waals surface area contributed by atoms with Crippen LogP contribution < -0.4 is 45.5 Å². The van der Waals surface area contributed by atoms with E-state index < -0.39 is 23.4 Å². The lowest BCUT2D eigenvalue weighted by molar-refractivity contribution is 0.262. The van der Waals surface area contributed by atoms with Crippen LogP contribution in [0.15, 0.2) is 115 Å². The molecule has 1 heterocycles. The van der Waals surface area contributed by atoms with Gasteiger partial charge in [-0.1, -0.05) is 63.2 Å². The number of hydrogen-bond acceptors (Lipinski definition) is 10. The van der Waals surface area contributed by atoms with Crippen LogP contribution in [0, 0.1) is 0 Å². The van der Waals surface area contributed by atoms with Crippen molar-refractivity contribution in [3.05, 3.63) is 121 Å². The number of rotatable bonds is 14. The van der Waals surface area contributed by atoms with Crippen molar-refractivity contribution in [1.82, 2.24) is 4.98 Å². The van der Waals surface area contributed by atoms with Gasteiger partial charge in [-0.3, -0.25) is 9.29 Å². The number of fused-ring (bicyclic) bond motifs is 1. The van der Waals surface area contributed by atoms with Gasteiger partial charge in [0.25, 0.3) is 7.37 Å². The lowest BCUT2D eigenvalue weighted by Gasteiger charge is -2.24. The zero-order chi connectivity index (χ0) is 41.7. The average molecular weight is 824 g/mol. The summed E-state index contributed by atoms with van der Waals surface area (Å²) >= 11 is 0. The molecular weight excluding hydrogens is 778 g/mol. The number of methoxy groups -OCH3 is 2. The van der Waals surface area contributed by atoms with Crippen LogP contribution in [0.4, 0.5) is 33.4 Å². The maximum absolute atomic E-state index is 14.2. The van der Waals surface area contributed by atoms with E-state index in [1.807, 2.05) is 63.2 Å². The number of sulfonamides is 1. The number of anilines is 5. The Morgan fingerprint density at radius 2 is 1.47 bits per heavy atom. The molecular formula is C43H46N5O8PS. The molecule has 0 fully saturated rings. The van der Waals surface area contributed by atoms with Crippen molar-refractivity contribution in [2.75, 3.05) is 47.8 Å². The third-order valence-electron chi connectivity index (χ3n) is 8.97. The van der Waals surface area contributed by atoms with Gasteiger partial charge in [0.05, 0.1) is 49.4 Å². The fourth-order valence-corrected chi connectivity index (χ4v) is 9.06. The number of carbonyl (C=O) groups is 1. The molecule has 0 bridgehead atoms. The van der Waals surface area contributed by atoms with Crippen LogP contribution >= 0.6 is 7.37 Å². The van der Waals surface area contributed by atoms with E-state index in [9.17, 15) is 17.8 Å². The molecule has 1 aromatic heterocycles. The maximum atomic E-state index is 14.2. The number of amides is 2. The number of nitrogens with one attached hydrogen (secondary N) is 4. The van der Waals surface area contributed by atoms with E-state index >= 15 is 0 Å². The first-order valence-corrected chi connectivity index (χ1v) is 21.8. The predicted octanol–water partition coefficient (Wildman–Crippen LogP) is 9.37. The molecule has 0 spiro atoms. The van der Waals surface area contributed by atoms with E-state index in [0.717, 1.165) is 17.2 Å². The number of nitrogens with zero attached hydrogens (tertiary/aromatic N) is 1. The Hall–Kier alpha value is -6.08. The molecule has 5 aromatic carbocycles. The van der Waals surface area contributed by atoms with Gasteiger partial charge < -0.3 is 34.7 Å². The summed E-state index contributed by atoms with van der Waals surface area (Å²) in [7, 11) is -4.16. The number of hydrogen-bond donors (Lipinski definition) is 4. The fraction of sp³-hybridized carbons (Fsp3) is 0.209. The van der Waals surface area contributed by atoms with E-state index in [4.69, 9.17) is 18.7 Å². The fourth-order valence-electron chi connectivity index (χ4n) is 6.30. The largest absolute Gasteiger partial charge is 0.496 e. The lowest BCUT2D eigenvalue weighted by atomic mass is 9.86. The summed E-state index contributed by atoms with van der Waals surface area (Å²) in [5, 5.41) is 11.5. The summed E-state index contributed by atoms with van der Waals surface area (Å²) in [4.78, 5) is 18.0. The van der Waals surface area contributed by atoms with Crippen LogP contribution in [0.2, 0.25) is 0 Å². The molecule has 302 valence electrons. The van der Waals surface area contributed by atoms with Gasteiger partial charge in [-0.2, -0.15) is 0 Å². The number of pyridine rings is 1. The van der Waals surface area contributed by atoms with Crippen LogP contribution in [0.5, 0.6) is 23.0 Å². The Labute approximate surface area is 338 Å². The highest BCUT2D eigenvalue weighted by Gasteiger charge is 2.32. The van der Waals surface area contributed by atoms with Gasteiger partial charge in [0.1, 0.15) is 23.1 Å². The average Bonchev–Trinajstić information content (AvgIpc) is 3.18. The van der Waals surface area contributed by atoms with Crippen LogP contribution in [0.1, 0.15) is 33.3 Å². The summed E-state index contributed by atoms with van der Waals surface area (Å²) in [6.07, 6.45) is 2.67. The van der Waals surface area contributed by atoms with Gasteiger partial charge in [-0.15, -0.1) is 0 Å². The molecule has 1 atom stereocenters. The Morgan fingerprint density at radius 3 is 2.14 bits per heavy atom. The molecule has 15 heteroatoms. The summed E-state index contributed by atoms with van der Waals surface area (Å²) in [6.45, 7) is 8.01. The van der Waals surface area contributed by atoms with Gasteiger partial charge in [0.15, 0.2) is 5.75 Å². The second-order valence-electron chi connectivity index (χ2n) is 14.3. The van der Waals surface area contributed by atoms with Crippen LogP contribution in [-0.2, 0) is 24.5 Å². The van der Waals surface area contributed by atoms with Gasteiger partial charge in [-0.25, -0.2) is 18.2 Å². The van der Waals surface area contributed by atoms with Crippen molar-refractivity contribution >= 4 is 73.4 Å². The SMILES string of the molecule is CCOP(=O)(c1ccccc1)c1ccc(Nc2cc(Oc3ccc(NC(=O)Nc4cc(C(C)(C)C)cc(NS(C)(=O)=O)c4OC)c4ccccc34)ccn2)cc1OC. The molecule has 2 amide bonds. The molecule has 1 unspecified atom stereocenters. The third kappa shape index (κ3) is 9.54. The van der Waals surface area contributed by atoms with E-state index in [2.05, 4.69) is 25.7 Å². The lowest BCUT2D eigenvalue weighted by Crippen LogP contribution is -2.22. The standard InChI is InChI=1S/C43H46N5O8PS/c1-8-55-57(50,31-14-10-9-11-15-31)39-21-18-29(26-38(39)53-5)45-40-27-30(22-23-44-40)56-37-20-19-34(32-16-12-13-17-33(32)37)46-42(49)47-35-24-28(43(2,3)4)25-36(41(35)54-6)48-58(7,51)52/h9-27,48H,8H2,1-7H3,(H,44,45)(H2,46,47,49). The number of benzene rings is 5. The molecule has 4 N–H and O–H groups in total. The molecule has 0 aliphatic heterocycles. The minimum absolute atomic E-state index is 0.167. The number of ether oxygens (including phenoxy) is 3. The van der Waals surface area contributed by atoms with E-state index in [0.29, 0.717) is 50.4 Å². The Balaban J connectivity index is 1.22. The zero-order valence-electron chi connectivity index (χ0n) is 33.2. The van der Waals surface area contributed by atoms with Gasteiger partial charge in [0.2, 0.25) is 10.0 Å². The molecule has 13 nitrogen and oxygen atoms in total. The van der Waals surface area contributed by atoms with Crippen molar-refractivity contribution in [2.24, 2.45) is 0 Å². The maximum Gasteiger partial charge on any atom is 0.323 e. The molecule has 6 aromatic rings. The first-order chi connectivity index (χ1) is 27.6. The zero-order valence-corrected chi connectivity index (χ0v) is 35.0. The highest BCUT2D eigenvalue weighted by atomic mass is 32.2. The van der Waals surface area contributed by atoms with E-state index in [1.165, 1.54) is 14.2 Å².